The van der Waals surface area contributed by atoms with Gasteiger partial charge in [-0.25, -0.2) is 0 Å². The van der Waals surface area contributed by atoms with Crippen LogP contribution >= 0.6 is 0 Å². The monoisotopic (exact) mass is 328 g/mol. The lowest BCUT2D eigenvalue weighted by Gasteiger charge is -2.31. The van der Waals surface area contributed by atoms with Gasteiger partial charge in [-0.2, -0.15) is 4.98 Å². The fourth-order valence-electron chi connectivity index (χ4n) is 2.86. The van der Waals surface area contributed by atoms with Crippen molar-refractivity contribution in [2.24, 2.45) is 5.73 Å². The lowest BCUT2D eigenvalue weighted by molar-refractivity contribution is 0.0709. The van der Waals surface area contributed by atoms with E-state index in [1.54, 1.807) is 6.07 Å². The van der Waals surface area contributed by atoms with Gasteiger partial charge in [-0.3, -0.25) is 4.79 Å². The molecule has 1 aromatic carbocycles. The van der Waals surface area contributed by atoms with Gasteiger partial charge >= 0.3 is 0 Å². The molecule has 1 saturated heterocycles. The summed E-state index contributed by atoms with van der Waals surface area (Å²) in [7, 11) is 0. The first-order chi connectivity index (χ1) is 11.4. The van der Waals surface area contributed by atoms with Gasteiger partial charge in [0.2, 0.25) is 0 Å². The van der Waals surface area contributed by atoms with Gasteiger partial charge in [0.25, 0.3) is 11.8 Å². The minimum Gasteiger partial charge on any atom is -0.337 e. The molecule has 1 aliphatic heterocycles. The number of carbonyl (C=O) groups excluding carboxylic acids is 1. The van der Waals surface area contributed by atoms with Crippen molar-refractivity contribution in [2.75, 3.05) is 13.1 Å². The molecular formula is C18H24N4O2. The molecule has 1 atom stereocenters. The Morgan fingerprint density at radius 2 is 2.08 bits per heavy atom. The highest BCUT2D eigenvalue weighted by Gasteiger charge is 2.27. The molecule has 0 aliphatic carbocycles. The van der Waals surface area contributed by atoms with Gasteiger partial charge in [0.15, 0.2) is 5.82 Å². The summed E-state index contributed by atoms with van der Waals surface area (Å²) >= 11 is 0. The van der Waals surface area contributed by atoms with E-state index in [1.807, 2.05) is 43.9 Å². The van der Waals surface area contributed by atoms with Crippen LogP contribution in [0.1, 0.15) is 49.8 Å². The number of rotatable bonds is 2. The molecule has 6 nitrogen and oxygen atoms in total. The quantitative estimate of drug-likeness (QED) is 0.916. The number of nitrogens with zero attached hydrogens (tertiary/aromatic N) is 3. The number of hydrogen-bond donors (Lipinski definition) is 1. The summed E-state index contributed by atoms with van der Waals surface area (Å²) in [5, 5.41) is 4.06. The third-order valence-electron chi connectivity index (χ3n) is 4.23. The molecule has 0 saturated carbocycles. The van der Waals surface area contributed by atoms with E-state index in [0.29, 0.717) is 29.4 Å². The maximum Gasteiger partial charge on any atom is 0.258 e. The van der Waals surface area contributed by atoms with Gasteiger partial charge < -0.3 is 15.2 Å². The van der Waals surface area contributed by atoms with Crippen molar-refractivity contribution in [1.29, 1.82) is 0 Å². The summed E-state index contributed by atoms with van der Waals surface area (Å²) in [5.74, 6) is 0.973. The van der Waals surface area contributed by atoms with Gasteiger partial charge in [-0.1, -0.05) is 38.1 Å². The van der Waals surface area contributed by atoms with Crippen molar-refractivity contribution in [1.82, 2.24) is 15.0 Å². The smallest absolute Gasteiger partial charge is 0.258 e. The number of amides is 1. The molecule has 2 N–H and O–H groups in total. The van der Waals surface area contributed by atoms with Crippen LogP contribution in [0.5, 0.6) is 0 Å². The van der Waals surface area contributed by atoms with E-state index >= 15 is 0 Å². The van der Waals surface area contributed by atoms with Crippen molar-refractivity contribution in [3.8, 4) is 11.5 Å². The summed E-state index contributed by atoms with van der Waals surface area (Å²) in [6, 6.07) is 7.41. The molecule has 1 aliphatic rings. The zero-order valence-corrected chi connectivity index (χ0v) is 14.5. The molecule has 1 unspecified atom stereocenters. The molecule has 0 bridgehead atoms. The Balaban J connectivity index is 1.93. The Morgan fingerprint density at radius 1 is 1.33 bits per heavy atom. The fraction of sp³-hybridized carbons (Fsp3) is 0.500. The van der Waals surface area contributed by atoms with Crippen LogP contribution in [0, 0.1) is 0 Å². The van der Waals surface area contributed by atoms with Crippen molar-refractivity contribution in [3.63, 3.8) is 0 Å². The van der Waals surface area contributed by atoms with Crippen molar-refractivity contribution in [2.45, 2.75) is 45.1 Å². The number of hydrogen-bond acceptors (Lipinski definition) is 5. The summed E-state index contributed by atoms with van der Waals surface area (Å²) in [6.07, 6.45) is 1.90. The molecule has 6 heteroatoms. The Hall–Kier alpha value is -2.21. The average molecular weight is 328 g/mol. The van der Waals surface area contributed by atoms with Crippen molar-refractivity contribution in [3.05, 3.63) is 35.7 Å². The molecule has 0 spiro atoms. The largest absolute Gasteiger partial charge is 0.337 e. The maximum absolute atomic E-state index is 12.9. The minimum absolute atomic E-state index is 0.0312. The van der Waals surface area contributed by atoms with Gasteiger partial charge in [0, 0.05) is 24.5 Å². The van der Waals surface area contributed by atoms with Crippen LogP contribution < -0.4 is 5.73 Å². The zero-order valence-electron chi connectivity index (χ0n) is 14.5. The van der Waals surface area contributed by atoms with Crippen LogP contribution in [0.2, 0.25) is 0 Å². The predicted molar refractivity (Wildman–Crippen MR) is 91.5 cm³/mol. The van der Waals surface area contributed by atoms with E-state index in [4.69, 9.17) is 10.3 Å². The molecular weight excluding hydrogens is 304 g/mol. The second-order valence-electron chi connectivity index (χ2n) is 7.37. The Labute approximate surface area is 142 Å². The first-order valence-corrected chi connectivity index (χ1v) is 8.34. The molecule has 128 valence electrons. The lowest BCUT2D eigenvalue weighted by atomic mass is 9.96. The molecule has 2 aromatic rings. The Bertz CT molecular complexity index is 733. The first-order valence-electron chi connectivity index (χ1n) is 8.34. The zero-order chi connectivity index (χ0) is 17.3. The van der Waals surface area contributed by atoms with Gasteiger partial charge in [-0.15, -0.1) is 0 Å². The van der Waals surface area contributed by atoms with Gasteiger partial charge in [-0.05, 0) is 25.0 Å². The second kappa shape index (κ2) is 6.36. The van der Waals surface area contributed by atoms with E-state index in [2.05, 4.69) is 10.1 Å². The highest BCUT2D eigenvalue weighted by atomic mass is 16.5. The summed E-state index contributed by atoms with van der Waals surface area (Å²) in [5.41, 5.74) is 7.05. The molecule has 3 rings (SSSR count). The molecule has 1 fully saturated rings. The van der Waals surface area contributed by atoms with Crippen LogP contribution in [0.25, 0.3) is 11.5 Å². The van der Waals surface area contributed by atoms with Crippen molar-refractivity contribution >= 4 is 5.91 Å². The predicted octanol–water partition coefficient (Wildman–Crippen LogP) is 2.60. The van der Waals surface area contributed by atoms with Crippen LogP contribution in [0.3, 0.4) is 0 Å². The second-order valence-corrected chi connectivity index (χ2v) is 7.37. The molecule has 24 heavy (non-hydrogen) atoms. The summed E-state index contributed by atoms with van der Waals surface area (Å²) in [6.45, 7) is 7.39. The number of piperidine rings is 1. The Morgan fingerprint density at radius 3 is 2.75 bits per heavy atom. The highest BCUT2D eigenvalue weighted by Crippen LogP contribution is 2.27. The number of benzene rings is 1. The molecule has 1 amide bonds. The van der Waals surface area contributed by atoms with Crippen LogP contribution in [-0.2, 0) is 5.41 Å². The molecule has 1 aromatic heterocycles. The van der Waals surface area contributed by atoms with Gasteiger partial charge in [0.1, 0.15) is 0 Å². The van der Waals surface area contributed by atoms with E-state index in [0.717, 1.165) is 19.4 Å². The van der Waals surface area contributed by atoms with Gasteiger partial charge in [0.05, 0.1) is 11.1 Å². The number of likely N-dealkylation sites (tertiary alicyclic amines) is 1. The first kappa shape index (κ1) is 16.6. The lowest BCUT2D eigenvalue weighted by Crippen LogP contribution is -2.45. The topological polar surface area (TPSA) is 85.2 Å². The number of carbonyl (C=O) groups is 1. The standard InChI is InChI=1S/C18H24N4O2/c1-18(2,3)17-20-15(24-21-17)13-8-4-5-9-14(13)16(23)22-10-6-7-12(19)11-22/h4-5,8-9,12H,6-7,10-11,19H2,1-3H3. The van der Waals surface area contributed by atoms with Crippen molar-refractivity contribution < 1.29 is 9.32 Å². The Kier molecular flexibility index (Phi) is 4.41. The highest BCUT2D eigenvalue weighted by molar-refractivity contribution is 6.00. The van der Waals surface area contributed by atoms with E-state index in [9.17, 15) is 4.79 Å². The third kappa shape index (κ3) is 3.33. The maximum atomic E-state index is 12.9. The van der Waals surface area contributed by atoms with Crippen LogP contribution in [-0.4, -0.2) is 40.1 Å². The number of nitrogens with two attached hydrogens (primary N) is 1. The SMILES string of the molecule is CC(C)(C)c1noc(-c2ccccc2C(=O)N2CCCC(N)C2)n1. The van der Waals surface area contributed by atoms with E-state index in [1.165, 1.54) is 0 Å². The normalized spacial score (nSPS) is 18.7. The fourth-order valence-corrected chi connectivity index (χ4v) is 2.86. The summed E-state index contributed by atoms with van der Waals surface area (Å²) < 4.78 is 5.42. The average Bonchev–Trinajstić information content (AvgIpc) is 3.04. The summed E-state index contributed by atoms with van der Waals surface area (Å²) in [4.78, 5) is 19.2. The molecule has 2 heterocycles. The third-order valence-corrected chi connectivity index (χ3v) is 4.23. The minimum atomic E-state index is -0.208. The van der Waals surface area contributed by atoms with Crippen LogP contribution in [0.4, 0.5) is 0 Å². The van der Waals surface area contributed by atoms with E-state index in [-0.39, 0.29) is 17.4 Å². The van der Waals surface area contributed by atoms with Crippen LogP contribution in [0.15, 0.2) is 28.8 Å². The number of aromatic nitrogens is 2. The molecule has 0 radical (unpaired) electrons. The van der Waals surface area contributed by atoms with E-state index < -0.39 is 0 Å².